The van der Waals surface area contributed by atoms with E-state index in [4.69, 9.17) is 18.9 Å². The molecule has 0 aromatic heterocycles. The zero-order valence-electron chi connectivity index (χ0n) is 36.2. The van der Waals surface area contributed by atoms with Crippen molar-refractivity contribution in [2.24, 2.45) is 0 Å². The normalized spacial score (nSPS) is 20.2. The van der Waals surface area contributed by atoms with Gasteiger partial charge >= 0.3 is 11.9 Å². The minimum Gasteiger partial charge on any atom is -0.462 e. The summed E-state index contributed by atoms with van der Waals surface area (Å²) in [6, 6.07) is 0. The van der Waals surface area contributed by atoms with Crippen molar-refractivity contribution in [3.63, 3.8) is 0 Å². The van der Waals surface area contributed by atoms with Crippen molar-refractivity contribution in [3.05, 3.63) is 24.8 Å². The summed E-state index contributed by atoms with van der Waals surface area (Å²) in [7, 11) is 0. The Kier molecular flexibility index (Phi) is 35.8. The van der Waals surface area contributed by atoms with Gasteiger partial charge in [0.05, 0.1) is 13.2 Å². The lowest BCUT2D eigenvalue weighted by Crippen LogP contribution is -2.59. The van der Waals surface area contributed by atoms with Gasteiger partial charge in [0.15, 0.2) is 12.4 Å². The van der Waals surface area contributed by atoms with Crippen molar-refractivity contribution in [1.82, 2.24) is 0 Å². The molecule has 6 atom stereocenters. The van der Waals surface area contributed by atoms with Gasteiger partial charge in [0.1, 0.15) is 31.0 Å². The minimum absolute atomic E-state index is 0.216. The first-order valence-electron chi connectivity index (χ1n) is 23.4. The van der Waals surface area contributed by atoms with E-state index in [1.54, 1.807) is 0 Å². The van der Waals surface area contributed by atoms with Gasteiger partial charge < -0.3 is 39.4 Å². The van der Waals surface area contributed by atoms with E-state index in [2.05, 4.69) is 25.7 Å². The number of carbonyl (C=O) groups is 2. The van der Waals surface area contributed by atoms with E-state index < -0.39 is 49.4 Å². The fourth-order valence-corrected chi connectivity index (χ4v) is 7.22. The molecule has 0 aromatic carbocycles. The highest BCUT2D eigenvalue weighted by molar-refractivity contribution is 5.70. The standard InChI is InChI=1S/C47H86O10/c1-3-5-7-9-11-13-15-17-19-20-22-23-25-27-29-31-33-35-42(49)54-38-40(39-55-47-46(53)45(52)44(51)41(37-48)57-47)56-43(50)36-34-32-30-28-26-24-21-18-16-14-12-10-8-6-4-2/h4,13,15,40-41,44-48,51-53H,2-3,5-12,14,16-39H2,1H3/b15-13+/t40-,41-,44+,45?,46?,47-/m0/s1. The molecule has 1 saturated heterocycles. The molecule has 0 aromatic rings. The quantitative estimate of drug-likeness (QED) is 0.0267. The zero-order chi connectivity index (χ0) is 41.6. The van der Waals surface area contributed by atoms with Crippen molar-refractivity contribution in [2.75, 3.05) is 19.8 Å². The molecule has 0 spiro atoms. The van der Waals surface area contributed by atoms with Gasteiger partial charge in [-0.05, 0) is 51.4 Å². The maximum atomic E-state index is 12.8. The molecule has 1 fully saturated rings. The maximum Gasteiger partial charge on any atom is 0.306 e. The summed E-state index contributed by atoms with van der Waals surface area (Å²) >= 11 is 0. The molecule has 0 bridgehead atoms. The summed E-state index contributed by atoms with van der Waals surface area (Å²) in [6.07, 6.45) is 33.6. The minimum atomic E-state index is -1.59. The van der Waals surface area contributed by atoms with Crippen molar-refractivity contribution in [2.45, 2.75) is 243 Å². The summed E-state index contributed by atoms with van der Waals surface area (Å²) < 4.78 is 22.2. The third-order valence-electron chi connectivity index (χ3n) is 11.0. The molecule has 1 rings (SSSR count). The molecule has 0 amide bonds. The van der Waals surface area contributed by atoms with Gasteiger partial charge in [-0.1, -0.05) is 160 Å². The molecule has 0 aliphatic carbocycles. The monoisotopic (exact) mass is 811 g/mol. The average Bonchev–Trinajstić information content (AvgIpc) is 3.21. The van der Waals surface area contributed by atoms with Crippen LogP contribution in [0, 0.1) is 0 Å². The molecule has 10 heteroatoms. The number of aliphatic hydroxyl groups is 4. The molecule has 334 valence electrons. The molecular weight excluding hydrogens is 725 g/mol. The van der Waals surface area contributed by atoms with E-state index >= 15 is 0 Å². The largest absolute Gasteiger partial charge is 0.462 e. The summed E-state index contributed by atoms with van der Waals surface area (Å²) in [6.45, 7) is 4.95. The lowest BCUT2D eigenvalue weighted by atomic mass is 9.99. The van der Waals surface area contributed by atoms with Crippen molar-refractivity contribution >= 4 is 11.9 Å². The van der Waals surface area contributed by atoms with Gasteiger partial charge in [-0.25, -0.2) is 0 Å². The van der Waals surface area contributed by atoms with E-state index in [1.165, 1.54) is 128 Å². The first kappa shape index (κ1) is 53.2. The van der Waals surface area contributed by atoms with Gasteiger partial charge in [-0.2, -0.15) is 0 Å². The fourth-order valence-electron chi connectivity index (χ4n) is 7.22. The van der Waals surface area contributed by atoms with Crippen LogP contribution in [0.5, 0.6) is 0 Å². The Morgan fingerprint density at radius 3 is 1.49 bits per heavy atom. The Hall–Kier alpha value is -1.82. The molecule has 57 heavy (non-hydrogen) atoms. The highest BCUT2D eigenvalue weighted by Gasteiger charge is 2.44. The molecule has 1 aliphatic heterocycles. The molecule has 1 heterocycles. The van der Waals surface area contributed by atoms with Crippen LogP contribution in [0.3, 0.4) is 0 Å². The van der Waals surface area contributed by atoms with E-state index in [0.717, 1.165) is 51.4 Å². The molecule has 10 nitrogen and oxygen atoms in total. The number of carbonyl (C=O) groups excluding carboxylic acids is 2. The predicted octanol–water partition coefficient (Wildman–Crippen LogP) is 10.1. The van der Waals surface area contributed by atoms with Crippen LogP contribution in [-0.2, 0) is 28.5 Å². The van der Waals surface area contributed by atoms with Gasteiger partial charge in [0.2, 0.25) is 0 Å². The molecule has 0 radical (unpaired) electrons. The Morgan fingerprint density at radius 1 is 0.579 bits per heavy atom. The smallest absolute Gasteiger partial charge is 0.306 e. The number of hydrogen-bond donors (Lipinski definition) is 4. The Balaban J connectivity index is 2.29. The number of aliphatic hydroxyl groups excluding tert-OH is 4. The molecular formula is C47H86O10. The van der Waals surface area contributed by atoms with Crippen molar-refractivity contribution < 1.29 is 49.0 Å². The molecule has 0 saturated carbocycles. The third-order valence-corrected chi connectivity index (χ3v) is 11.0. The van der Waals surface area contributed by atoms with Crippen LogP contribution in [-0.4, -0.2) is 89.0 Å². The number of ether oxygens (including phenoxy) is 4. The van der Waals surface area contributed by atoms with Gasteiger partial charge in [-0.3, -0.25) is 9.59 Å². The maximum absolute atomic E-state index is 12.8. The average molecular weight is 811 g/mol. The van der Waals surface area contributed by atoms with E-state index in [-0.39, 0.29) is 32.0 Å². The summed E-state index contributed by atoms with van der Waals surface area (Å²) in [5.74, 6) is -0.805. The number of hydrogen-bond acceptors (Lipinski definition) is 10. The Bertz CT molecular complexity index is 972. The summed E-state index contributed by atoms with van der Waals surface area (Å²) in [5, 5.41) is 40.1. The zero-order valence-corrected chi connectivity index (χ0v) is 36.2. The first-order chi connectivity index (χ1) is 27.8. The number of allylic oxidation sites excluding steroid dienone is 3. The second-order valence-corrected chi connectivity index (χ2v) is 16.3. The highest BCUT2D eigenvalue weighted by atomic mass is 16.7. The lowest BCUT2D eigenvalue weighted by Gasteiger charge is -2.39. The van der Waals surface area contributed by atoms with Crippen LogP contribution in [0.4, 0.5) is 0 Å². The number of esters is 2. The van der Waals surface area contributed by atoms with E-state index in [9.17, 15) is 30.0 Å². The van der Waals surface area contributed by atoms with Gasteiger partial charge in [0.25, 0.3) is 0 Å². The topological polar surface area (TPSA) is 152 Å². The van der Waals surface area contributed by atoms with Crippen LogP contribution < -0.4 is 0 Å². The highest BCUT2D eigenvalue weighted by Crippen LogP contribution is 2.23. The number of unbranched alkanes of at least 4 members (excludes halogenated alkanes) is 26. The SMILES string of the molecule is C=CCCCCCCCCCCCCCCCC(=O)O[C@@H](COC(=O)CCCCCCCCCCC/C=C/CCCCCC)CO[C@H]1O[C@@H](CO)[C@@H](O)C(O)C1O. The Labute approximate surface area is 347 Å². The van der Waals surface area contributed by atoms with Crippen LogP contribution in [0.2, 0.25) is 0 Å². The van der Waals surface area contributed by atoms with E-state index in [1.807, 2.05) is 6.08 Å². The van der Waals surface area contributed by atoms with Crippen LogP contribution >= 0.6 is 0 Å². The summed E-state index contributed by atoms with van der Waals surface area (Å²) in [5.41, 5.74) is 0. The number of rotatable bonds is 40. The summed E-state index contributed by atoms with van der Waals surface area (Å²) in [4.78, 5) is 25.4. The van der Waals surface area contributed by atoms with Crippen molar-refractivity contribution in [1.29, 1.82) is 0 Å². The first-order valence-corrected chi connectivity index (χ1v) is 23.4. The molecule has 2 unspecified atom stereocenters. The van der Waals surface area contributed by atoms with E-state index in [0.29, 0.717) is 6.42 Å². The van der Waals surface area contributed by atoms with Crippen molar-refractivity contribution in [3.8, 4) is 0 Å². The third kappa shape index (κ3) is 30.0. The molecule has 4 N–H and O–H groups in total. The second kappa shape index (κ2) is 38.4. The van der Waals surface area contributed by atoms with Gasteiger partial charge in [-0.15, -0.1) is 6.58 Å². The van der Waals surface area contributed by atoms with Crippen LogP contribution in [0.1, 0.15) is 206 Å². The van der Waals surface area contributed by atoms with Crippen LogP contribution in [0.25, 0.3) is 0 Å². The van der Waals surface area contributed by atoms with Crippen LogP contribution in [0.15, 0.2) is 24.8 Å². The predicted molar refractivity (Wildman–Crippen MR) is 229 cm³/mol. The second-order valence-electron chi connectivity index (χ2n) is 16.3. The Morgan fingerprint density at radius 2 is 1.02 bits per heavy atom. The van der Waals surface area contributed by atoms with Gasteiger partial charge in [0, 0.05) is 12.8 Å². The molecule has 1 aliphatic rings. The fraction of sp³-hybridized carbons (Fsp3) is 0.872. The lowest BCUT2D eigenvalue weighted by molar-refractivity contribution is -0.305.